The minimum Gasteiger partial charge on any atom is -0.312 e. The average Bonchev–Trinajstić information content (AvgIpc) is 2.83. The highest BCUT2D eigenvalue weighted by Crippen LogP contribution is 2.37. The van der Waals surface area contributed by atoms with Crippen molar-refractivity contribution in [2.75, 3.05) is 19.6 Å². The van der Waals surface area contributed by atoms with Gasteiger partial charge in [0.25, 0.3) is 0 Å². The number of rotatable bonds is 7. The van der Waals surface area contributed by atoms with Gasteiger partial charge in [-0.3, -0.25) is 4.90 Å². The van der Waals surface area contributed by atoms with E-state index in [0.29, 0.717) is 17.5 Å². The van der Waals surface area contributed by atoms with Crippen molar-refractivity contribution in [3.8, 4) is 0 Å². The number of likely N-dealkylation sites (N-methyl/N-ethyl adjacent to an activating group) is 1. The normalized spacial score (nSPS) is 22.6. The summed E-state index contributed by atoms with van der Waals surface area (Å²) in [5.74, 6) is 0. The smallest absolute Gasteiger partial charge is 0.0472 e. The van der Waals surface area contributed by atoms with Crippen LogP contribution in [-0.4, -0.2) is 30.6 Å². The zero-order valence-electron chi connectivity index (χ0n) is 14.2. The molecule has 0 bridgehead atoms. The van der Waals surface area contributed by atoms with Crippen molar-refractivity contribution in [1.82, 2.24) is 10.2 Å². The Morgan fingerprint density at radius 2 is 1.86 bits per heavy atom. The Balaban J connectivity index is 2.00. The van der Waals surface area contributed by atoms with Gasteiger partial charge in [-0.05, 0) is 43.3 Å². The molecule has 1 aromatic rings. The summed E-state index contributed by atoms with van der Waals surface area (Å²) in [6.45, 7) is 12.6. The van der Waals surface area contributed by atoms with Gasteiger partial charge in [0.15, 0.2) is 0 Å². The minimum absolute atomic E-state index is 0.491. The van der Waals surface area contributed by atoms with Crippen LogP contribution in [0.25, 0.3) is 0 Å². The van der Waals surface area contributed by atoms with E-state index in [1.54, 1.807) is 0 Å². The molecule has 1 aliphatic carbocycles. The first kappa shape index (κ1) is 16.5. The quantitative estimate of drug-likeness (QED) is 0.807. The Morgan fingerprint density at radius 1 is 1.19 bits per heavy atom. The Hall–Kier alpha value is -0.860. The zero-order chi connectivity index (χ0) is 15.3. The SMILES string of the molecule is CCN(CC)C(CNC1CCC(C)(C)C1)c1ccccc1. The molecule has 2 unspecified atom stereocenters. The van der Waals surface area contributed by atoms with E-state index in [-0.39, 0.29) is 0 Å². The summed E-state index contributed by atoms with van der Waals surface area (Å²) in [5, 5.41) is 3.84. The Bertz CT molecular complexity index is 409. The van der Waals surface area contributed by atoms with Crippen LogP contribution in [0.3, 0.4) is 0 Å². The fraction of sp³-hybridized carbons (Fsp3) is 0.684. The molecule has 0 aliphatic heterocycles. The fourth-order valence-corrected chi connectivity index (χ4v) is 3.69. The van der Waals surface area contributed by atoms with Crippen LogP contribution in [0.2, 0.25) is 0 Å². The molecule has 1 saturated carbocycles. The fourth-order valence-electron chi connectivity index (χ4n) is 3.69. The van der Waals surface area contributed by atoms with Gasteiger partial charge in [-0.1, -0.05) is 58.0 Å². The zero-order valence-corrected chi connectivity index (χ0v) is 14.2. The molecule has 0 spiro atoms. The van der Waals surface area contributed by atoms with Crippen molar-refractivity contribution in [2.24, 2.45) is 5.41 Å². The predicted octanol–water partition coefficient (Wildman–Crippen LogP) is 4.24. The first-order chi connectivity index (χ1) is 10.1. The molecule has 0 aromatic heterocycles. The second-order valence-corrected chi connectivity index (χ2v) is 7.16. The standard InChI is InChI=1S/C19H32N2/c1-5-21(6-2)18(16-10-8-7-9-11-16)15-20-17-12-13-19(3,4)14-17/h7-11,17-18,20H,5-6,12-15H2,1-4H3. The van der Waals surface area contributed by atoms with Gasteiger partial charge in [0.05, 0.1) is 0 Å². The van der Waals surface area contributed by atoms with E-state index in [1.807, 2.05) is 0 Å². The van der Waals surface area contributed by atoms with Gasteiger partial charge in [-0.25, -0.2) is 0 Å². The lowest BCUT2D eigenvalue weighted by Gasteiger charge is -2.31. The van der Waals surface area contributed by atoms with E-state index in [4.69, 9.17) is 0 Å². The first-order valence-corrected chi connectivity index (χ1v) is 8.58. The van der Waals surface area contributed by atoms with Gasteiger partial charge in [-0.15, -0.1) is 0 Å². The molecule has 2 heteroatoms. The molecule has 0 saturated heterocycles. The summed E-state index contributed by atoms with van der Waals surface area (Å²) in [5.41, 5.74) is 1.96. The Labute approximate surface area is 130 Å². The molecule has 1 aliphatic rings. The molecule has 0 radical (unpaired) electrons. The van der Waals surface area contributed by atoms with Crippen LogP contribution in [-0.2, 0) is 0 Å². The highest BCUT2D eigenvalue weighted by atomic mass is 15.2. The summed E-state index contributed by atoms with van der Waals surface area (Å²) < 4.78 is 0. The third-order valence-electron chi connectivity index (χ3n) is 5.01. The van der Waals surface area contributed by atoms with Gasteiger partial charge in [0.2, 0.25) is 0 Å². The third kappa shape index (κ3) is 4.55. The summed E-state index contributed by atoms with van der Waals surface area (Å²) in [6.07, 6.45) is 3.99. The third-order valence-corrected chi connectivity index (χ3v) is 5.01. The molecule has 21 heavy (non-hydrogen) atoms. The average molecular weight is 288 g/mol. The van der Waals surface area contributed by atoms with Crippen molar-refractivity contribution >= 4 is 0 Å². The molecule has 0 amide bonds. The van der Waals surface area contributed by atoms with Crippen molar-refractivity contribution in [2.45, 2.75) is 59.0 Å². The van der Waals surface area contributed by atoms with Crippen molar-refractivity contribution in [1.29, 1.82) is 0 Å². The van der Waals surface area contributed by atoms with Crippen LogP contribution >= 0.6 is 0 Å². The van der Waals surface area contributed by atoms with Crippen LogP contribution in [0.5, 0.6) is 0 Å². The number of benzene rings is 1. The highest BCUT2D eigenvalue weighted by molar-refractivity contribution is 5.19. The predicted molar refractivity (Wildman–Crippen MR) is 91.5 cm³/mol. The number of hydrogen-bond acceptors (Lipinski definition) is 2. The molecule has 2 nitrogen and oxygen atoms in total. The van der Waals surface area contributed by atoms with Crippen LogP contribution in [0.1, 0.15) is 58.6 Å². The van der Waals surface area contributed by atoms with Crippen LogP contribution in [0, 0.1) is 5.41 Å². The number of nitrogens with one attached hydrogen (secondary N) is 1. The van der Waals surface area contributed by atoms with Gasteiger partial charge in [0.1, 0.15) is 0 Å². The second kappa shape index (κ2) is 7.42. The molecular weight excluding hydrogens is 256 g/mol. The van der Waals surface area contributed by atoms with Gasteiger partial charge >= 0.3 is 0 Å². The molecule has 1 aromatic carbocycles. The maximum Gasteiger partial charge on any atom is 0.0472 e. The van der Waals surface area contributed by atoms with E-state index in [2.05, 4.69) is 68.2 Å². The Morgan fingerprint density at radius 3 is 2.38 bits per heavy atom. The summed E-state index contributed by atoms with van der Waals surface area (Å²) >= 11 is 0. The lowest BCUT2D eigenvalue weighted by molar-refractivity contribution is 0.207. The lowest BCUT2D eigenvalue weighted by atomic mass is 9.92. The molecule has 118 valence electrons. The minimum atomic E-state index is 0.491. The van der Waals surface area contributed by atoms with E-state index < -0.39 is 0 Å². The molecular formula is C19H32N2. The van der Waals surface area contributed by atoms with Crippen LogP contribution in [0.4, 0.5) is 0 Å². The topological polar surface area (TPSA) is 15.3 Å². The van der Waals surface area contributed by atoms with Crippen LogP contribution < -0.4 is 5.32 Å². The summed E-state index contributed by atoms with van der Waals surface area (Å²) in [7, 11) is 0. The van der Waals surface area contributed by atoms with Crippen molar-refractivity contribution in [3.63, 3.8) is 0 Å². The maximum absolute atomic E-state index is 3.84. The number of hydrogen-bond donors (Lipinski definition) is 1. The molecule has 1 N–H and O–H groups in total. The van der Waals surface area contributed by atoms with Crippen molar-refractivity contribution in [3.05, 3.63) is 35.9 Å². The van der Waals surface area contributed by atoms with E-state index in [0.717, 1.165) is 19.6 Å². The summed E-state index contributed by atoms with van der Waals surface area (Å²) in [6, 6.07) is 12.1. The van der Waals surface area contributed by atoms with E-state index >= 15 is 0 Å². The largest absolute Gasteiger partial charge is 0.312 e. The van der Waals surface area contributed by atoms with Crippen molar-refractivity contribution < 1.29 is 0 Å². The molecule has 1 fully saturated rings. The second-order valence-electron chi connectivity index (χ2n) is 7.16. The Kier molecular flexibility index (Phi) is 5.83. The first-order valence-electron chi connectivity index (χ1n) is 8.58. The highest BCUT2D eigenvalue weighted by Gasteiger charge is 2.31. The van der Waals surface area contributed by atoms with E-state index in [9.17, 15) is 0 Å². The van der Waals surface area contributed by atoms with Crippen LogP contribution in [0.15, 0.2) is 30.3 Å². The monoisotopic (exact) mass is 288 g/mol. The summed E-state index contributed by atoms with van der Waals surface area (Å²) in [4.78, 5) is 2.56. The molecule has 2 atom stereocenters. The molecule has 2 rings (SSSR count). The maximum atomic E-state index is 3.84. The van der Waals surface area contributed by atoms with Gasteiger partial charge in [-0.2, -0.15) is 0 Å². The van der Waals surface area contributed by atoms with E-state index in [1.165, 1.54) is 24.8 Å². The molecule has 0 heterocycles. The lowest BCUT2D eigenvalue weighted by Crippen LogP contribution is -2.39. The van der Waals surface area contributed by atoms with Gasteiger partial charge < -0.3 is 5.32 Å². The number of nitrogens with zero attached hydrogens (tertiary/aromatic N) is 1. The van der Waals surface area contributed by atoms with Gasteiger partial charge in [0, 0.05) is 18.6 Å².